The maximum Gasteiger partial charge on any atom is 0.110 e. The van der Waals surface area contributed by atoms with Crippen LogP contribution in [0.1, 0.15) is 42.2 Å². The van der Waals surface area contributed by atoms with Crippen molar-refractivity contribution >= 4 is 0 Å². The molecule has 1 unspecified atom stereocenters. The molecule has 5 heteroatoms. The Labute approximate surface area is 121 Å². The molecule has 0 radical (unpaired) electrons. The van der Waals surface area contributed by atoms with Crippen LogP contribution in [0, 0.1) is 13.8 Å². The standard InChI is InChI=1S/C15H25N5/c1-6-8-20-9-7-17-14(20)10-13(16-4)15-11(2)18-19(5)12(15)3/h7,9,13,16H,6,8,10H2,1-5H3. The van der Waals surface area contributed by atoms with E-state index in [0.717, 1.165) is 30.9 Å². The molecule has 0 bridgehead atoms. The maximum atomic E-state index is 4.52. The summed E-state index contributed by atoms with van der Waals surface area (Å²) in [5.41, 5.74) is 3.61. The van der Waals surface area contributed by atoms with Crippen LogP contribution in [0.4, 0.5) is 0 Å². The second kappa shape index (κ2) is 6.22. The molecular weight excluding hydrogens is 250 g/mol. The highest BCUT2D eigenvalue weighted by Gasteiger charge is 2.20. The van der Waals surface area contributed by atoms with E-state index in [1.54, 1.807) is 0 Å². The second-order valence-corrected chi connectivity index (χ2v) is 5.29. The third-order valence-electron chi connectivity index (χ3n) is 3.91. The predicted octanol–water partition coefficient (Wildman–Crippen LogP) is 2.15. The van der Waals surface area contributed by atoms with Crippen molar-refractivity contribution in [1.82, 2.24) is 24.6 Å². The van der Waals surface area contributed by atoms with Gasteiger partial charge in [0, 0.05) is 49.7 Å². The Morgan fingerprint density at radius 2 is 2.10 bits per heavy atom. The lowest BCUT2D eigenvalue weighted by atomic mass is 10.0. The summed E-state index contributed by atoms with van der Waals surface area (Å²) in [6.45, 7) is 7.41. The number of nitrogens with zero attached hydrogens (tertiary/aromatic N) is 4. The lowest BCUT2D eigenvalue weighted by Crippen LogP contribution is -2.22. The van der Waals surface area contributed by atoms with Gasteiger partial charge in [0.1, 0.15) is 5.82 Å². The Hall–Kier alpha value is -1.62. The molecule has 0 spiro atoms. The zero-order chi connectivity index (χ0) is 14.7. The van der Waals surface area contributed by atoms with Crippen LogP contribution in [-0.4, -0.2) is 26.4 Å². The van der Waals surface area contributed by atoms with Crippen molar-refractivity contribution in [3.8, 4) is 0 Å². The van der Waals surface area contributed by atoms with E-state index in [-0.39, 0.29) is 6.04 Å². The molecule has 2 aromatic rings. The van der Waals surface area contributed by atoms with Crippen molar-refractivity contribution in [3.63, 3.8) is 0 Å². The predicted molar refractivity (Wildman–Crippen MR) is 80.7 cm³/mol. The Kier molecular flexibility index (Phi) is 4.60. The summed E-state index contributed by atoms with van der Waals surface area (Å²) in [6.07, 6.45) is 5.96. The molecule has 0 aliphatic heterocycles. The SMILES string of the molecule is CCCn1ccnc1CC(NC)c1c(C)nn(C)c1C. The summed E-state index contributed by atoms with van der Waals surface area (Å²) in [6, 6.07) is 0.252. The molecule has 2 aromatic heterocycles. The quantitative estimate of drug-likeness (QED) is 0.878. The molecule has 0 fully saturated rings. The van der Waals surface area contributed by atoms with Crippen LogP contribution in [0.3, 0.4) is 0 Å². The molecule has 0 saturated carbocycles. The minimum absolute atomic E-state index is 0.252. The molecule has 2 rings (SSSR count). The zero-order valence-corrected chi connectivity index (χ0v) is 13.1. The molecule has 1 N–H and O–H groups in total. The Morgan fingerprint density at radius 1 is 1.35 bits per heavy atom. The summed E-state index contributed by atoms with van der Waals surface area (Å²) < 4.78 is 4.19. The zero-order valence-electron chi connectivity index (χ0n) is 13.1. The smallest absolute Gasteiger partial charge is 0.110 e. The number of aromatic nitrogens is 4. The molecule has 5 nitrogen and oxygen atoms in total. The number of aryl methyl sites for hydroxylation is 3. The molecule has 0 saturated heterocycles. The van der Waals surface area contributed by atoms with E-state index >= 15 is 0 Å². The molecule has 20 heavy (non-hydrogen) atoms. The van der Waals surface area contributed by atoms with Gasteiger partial charge in [-0.05, 0) is 27.3 Å². The van der Waals surface area contributed by atoms with Gasteiger partial charge in [0.25, 0.3) is 0 Å². The van der Waals surface area contributed by atoms with Gasteiger partial charge in [-0.15, -0.1) is 0 Å². The number of hydrogen-bond acceptors (Lipinski definition) is 3. The van der Waals surface area contributed by atoms with Gasteiger partial charge in [-0.25, -0.2) is 4.98 Å². The first-order chi connectivity index (χ1) is 9.58. The van der Waals surface area contributed by atoms with Crippen LogP contribution in [0.5, 0.6) is 0 Å². The van der Waals surface area contributed by atoms with E-state index in [0.29, 0.717) is 0 Å². The van der Waals surface area contributed by atoms with Gasteiger partial charge in [-0.1, -0.05) is 6.92 Å². The lowest BCUT2D eigenvalue weighted by Gasteiger charge is -2.17. The molecule has 1 atom stereocenters. The molecule has 2 heterocycles. The molecule has 0 amide bonds. The Morgan fingerprint density at radius 3 is 2.65 bits per heavy atom. The van der Waals surface area contributed by atoms with E-state index < -0.39 is 0 Å². The van der Waals surface area contributed by atoms with Crippen molar-refractivity contribution < 1.29 is 0 Å². The molecular formula is C15H25N5. The van der Waals surface area contributed by atoms with Gasteiger partial charge in [0.2, 0.25) is 0 Å². The lowest BCUT2D eigenvalue weighted by molar-refractivity contribution is 0.538. The first-order valence-corrected chi connectivity index (χ1v) is 7.25. The fourth-order valence-electron chi connectivity index (χ4n) is 2.80. The van der Waals surface area contributed by atoms with Crippen LogP contribution in [0.2, 0.25) is 0 Å². The molecule has 0 aliphatic carbocycles. The van der Waals surface area contributed by atoms with Gasteiger partial charge in [0.05, 0.1) is 5.69 Å². The van der Waals surface area contributed by atoms with Crippen LogP contribution < -0.4 is 5.32 Å². The largest absolute Gasteiger partial charge is 0.335 e. The molecule has 0 aliphatic rings. The highest BCUT2D eigenvalue weighted by atomic mass is 15.3. The van der Waals surface area contributed by atoms with E-state index in [1.165, 1.54) is 11.3 Å². The summed E-state index contributed by atoms with van der Waals surface area (Å²) >= 11 is 0. The van der Waals surface area contributed by atoms with Crippen molar-refractivity contribution in [2.24, 2.45) is 7.05 Å². The van der Waals surface area contributed by atoms with Gasteiger partial charge < -0.3 is 9.88 Å². The first kappa shape index (κ1) is 14.8. The summed E-state index contributed by atoms with van der Waals surface area (Å²) in [4.78, 5) is 4.51. The number of imidazole rings is 1. The highest BCUT2D eigenvalue weighted by molar-refractivity contribution is 5.29. The monoisotopic (exact) mass is 275 g/mol. The minimum atomic E-state index is 0.252. The third-order valence-corrected chi connectivity index (χ3v) is 3.91. The van der Waals surface area contributed by atoms with Crippen LogP contribution in [-0.2, 0) is 20.0 Å². The van der Waals surface area contributed by atoms with Crippen molar-refractivity contribution in [2.75, 3.05) is 7.05 Å². The fraction of sp³-hybridized carbons (Fsp3) is 0.600. The van der Waals surface area contributed by atoms with E-state index in [4.69, 9.17) is 0 Å². The summed E-state index contributed by atoms with van der Waals surface area (Å²) in [5.74, 6) is 1.13. The van der Waals surface area contributed by atoms with Crippen molar-refractivity contribution in [1.29, 1.82) is 0 Å². The number of hydrogen-bond donors (Lipinski definition) is 1. The van der Waals surface area contributed by atoms with Crippen LogP contribution >= 0.6 is 0 Å². The Balaban J connectivity index is 2.27. The molecule has 110 valence electrons. The number of rotatable bonds is 6. The van der Waals surface area contributed by atoms with E-state index in [1.807, 2.05) is 25.0 Å². The van der Waals surface area contributed by atoms with Gasteiger partial charge in [0.15, 0.2) is 0 Å². The van der Waals surface area contributed by atoms with Gasteiger partial charge >= 0.3 is 0 Å². The second-order valence-electron chi connectivity index (χ2n) is 5.29. The van der Waals surface area contributed by atoms with Crippen molar-refractivity contribution in [3.05, 3.63) is 35.2 Å². The first-order valence-electron chi connectivity index (χ1n) is 7.25. The highest BCUT2D eigenvalue weighted by Crippen LogP contribution is 2.24. The van der Waals surface area contributed by atoms with Crippen molar-refractivity contribution in [2.45, 2.75) is 46.2 Å². The minimum Gasteiger partial charge on any atom is -0.335 e. The summed E-state index contributed by atoms with van der Waals surface area (Å²) in [5, 5.41) is 7.93. The number of likely N-dealkylation sites (N-methyl/N-ethyl adjacent to an activating group) is 1. The normalized spacial score (nSPS) is 12.8. The topological polar surface area (TPSA) is 47.7 Å². The van der Waals surface area contributed by atoms with E-state index in [9.17, 15) is 0 Å². The summed E-state index contributed by atoms with van der Waals surface area (Å²) in [7, 11) is 4.00. The van der Waals surface area contributed by atoms with Crippen LogP contribution in [0.25, 0.3) is 0 Å². The Bertz CT molecular complexity index is 567. The van der Waals surface area contributed by atoms with Gasteiger partial charge in [-0.3, -0.25) is 4.68 Å². The van der Waals surface area contributed by atoms with Crippen LogP contribution in [0.15, 0.2) is 12.4 Å². The molecule has 0 aromatic carbocycles. The average Bonchev–Trinajstić information content (AvgIpc) is 2.94. The van der Waals surface area contributed by atoms with Gasteiger partial charge in [-0.2, -0.15) is 5.10 Å². The fourth-order valence-corrected chi connectivity index (χ4v) is 2.80. The number of nitrogens with one attached hydrogen (secondary N) is 1. The van der Waals surface area contributed by atoms with E-state index in [2.05, 4.69) is 46.9 Å². The third kappa shape index (κ3) is 2.77. The maximum absolute atomic E-state index is 4.52. The average molecular weight is 275 g/mol.